The van der Waals surface area contributed by atoms with Gasteiger partial charge in [0.2, 0.25) is 5.91 Å². The van der Waals surface area contributed by atoms with E-state index in [-0.39, 0.29) is 23.9 Å². The van der Waals surface area contributed by atoms with Gasteiger partial charge < -0.3 is 9.88 Å². The molecule has 0 radical (unpaired) electrons. The van der Waals surface area contributed by atoms with E-state index in [4.69, 9.17) is 15.9 Å². The van der Waals surface area contributed by atoms with Crippen molar-refractivity contribution in [2.24, 2.45) is 0 Å². The van der Waals surface area contributed by atoms with Crippen molar-refractivity contribution in [2.45, 2.75) is 18.4 Å². The fourth-order valence-electron chi connectivity index (χ4n) is 2.25. The van der Waals surface area contributed by atoms with Crippen LogP contribution in [0.25, 0.3) is 10.9 Å². The topological polar surface area (TPSA) is 92.0 Å². The van der Waals surface area contributed by atoms with Crippen LogP contribution in [0.4, 0.5) is 0 Å². The van der Waals surface area contributed by atoms with Crippen LogP contribution < -0.4 is 5.32 Å². The predicted molar refractivity (Wildman–Crippen MR) is 78.3 cm³/mol. The molecule has 0 aliphatic rings. The molecule has 2 aromatic rings. The molecule has 0 saturated heterocycles. The van der Waals surface area contributed by atoms with Crippen molar-refractivity contribution in [3.05, 3.63) is 30.0 Å². The van der Waals surface area contributed by atoms with Gasteiger partial charge in [0.05, 0.1) is 11.6 Å². The van der Waals surface area contributed by atoms with Crippen LogP contribution in [0.2, 0.25) is 0 Å². The SMILES string of the molecule is Cc1c(S(=O)(=O)Cl)c2ccccc2n1CC(=O)NCC#N. The van der Waals surface area contributed by atoms with Gasteiger partial charge in [0, 0.05) is 21.8 Å². The summed E-state index contributed by atoms with van der Waals surface area (Å²) in [5, 5.41) is 11.3. The quantitative estimate of drug-likeness (QED) is 0.681. The van der Waals surface area contributed by atoms with Crippen molar-refractivity contribution in [3.8, 4) is 6.07 Å². The molecule has 0 saturated carbocycles. The first-order chi connectivity index (χ1) is 9.86. The highest BCUT2D eigenvalue weighted by molar-refractivity contribution is 8.14. The Morgan fingerprint density at radius 3 is 2.71 bits per heavy atom. The smallest absolute Gasteiger partial charge is 0.263 e. The molecule has 1 heterocycles. The first-order valence-electron chi connectivity index (χ1n) is 6.02. The van der Waals surface area contributed by atoms with Gasteiger partial charge in [-0.15, -0.1) is 0 Å². The average Bonchev–Trinajstić information content (AvgIpc) is 2.69. The number of rotatable bonds is 4. The Labute approximate surface area is 126 Å². The van der Waals surface area contributed by atoms with E-state index in [0.29, 0.717) is 16.6 Å². The largest absolute Gasteiger partial charge is 0.341 e. The first-order valence-corrected chi connectivity index (χ1v) is 8.33. The summed E-state index contributed by atoms with van der Waals surface area (Å²) >= 11 is 0. The van der Waals surface area contributed by atoms with Gasteiger partial charge in [0.15, 0.2) is 0 Å². The maximum absolute atomic E-state index is 11.8. The Kier molecular flexibility index (Phi) is 4.21. The van der Waals surface area contributed by atoms with E-state index in [1.165, 1.54) is 0 Å². The van der Waals surface area contributed by atoms with Crippen molar-refractivity contribution in [1.29, 1.82) is 5.26 Å². The lowest BCUT2D eigenvalue weighted by molar-refractivity contribution is -0.121. The number of amides is 1. The molecular weight excluding hydrogens is 314 g/mol. The number of nitriles is 1. The number of aromatic nitrogens is 1. The maximum atomic E-state index is 11.8. The van der Waals surface area contributed by atoms with Crippen LogP contribution in [0, 0.1) is 18.3 Å². The zero-order chi connectivity index (χ0) is 15.6. The summed E-state index contributed by atoms with van der Waals surface area (Å²) in [5.74, 6) is -0.376. The Morgan fingerprint density at radius 2 is 2.10 bits per heavy atom. The third kappa shape index (κ3) is 3.01. The molecular formula is C13H12ClN3O3S. The van der Waals surface area contributed by atoms with Gasteiger partial charge in [0.25, 0.3) is 9.05 Å². The lowest BCUT2D eigenvalue weighted by Crippen LogP contribution is -2.28. The molecule has 2 rings (SSSR count). The number of carbonyl (C=O) groups is 1. The van der Waals surface area contributed by atoms with E-state index in [0.717, 1.165) is 0 Å². The summed E-state index contributed by atoms with van der Waals surface area (Å²) in [6, 6.07) is 8.61. The molecule has 0 fully saturated rings. The van der Waals surface area contributed by atoms with E-state index in [1.807, 2.05) is 6.07 Å². The lowest BCUT2D eigenvalue weighted by Gasteiger charge is -2.07. The molecule has 1 N–H and O–H groups in total. The van der Waals surface area contributed by atoms with Crippen LogP contribution in [0.3, 0.4) is 0 Å². The highest BCUT2D eigenvalue weighted by Gasteiger charge is 2.23. The van der Waals surface area contributed by atoms with E-state index >= 15 is 0 Å². The molecule has 0 unspecified atom stereocenters. The number of halogens is 1. The monoisotopic (exact) mass is 325 g/mol. The molecule has 6 nitrogen and oxygen atoms in total. The second kappa shape index (κ2) is 5.76. The second-order valence-electron chi connectivity index (χ2n) is 4.39. The minimum Gasteiger partial charge on any atom is -0.341 e. The van der Waals surface area contributed by atoms with Crippen LogP contribution in [0.1, 0.15) is 5.69 Å². The van der Waals surface area contributed by atoms with E-state index < -0.39 is 9.05 Å². The van der Waals surface area contributed by atoms with Gasteiger partial charge in [-0.25, -0.2) is 8.42 Å². The molecule has 0 bridgehead atoms. The fourth-order valence-corrected chi connectivity index (χ4v) is 3.73. The third-order valence-corrected chi connectivity index (χ3v) is 4.55. The number of hydrogen-bond acceptors (Lipinski definition) is 4. The number of fused-ring (bicyclic) bond motifs is 1. The first kappa shape index (κ1) is 15.4. The van der Waals surface area contributed by atoms with Crippen LogP contribution in [0.15, 0.2) is 29.2 Å². The summed E-state index contributed by atoms with van der Waals surface area (Å²) in [7, 11) is 1.57. The molecule has 0 aliphatic heterocycles. The van der Waals surface area contributed by atoms with Crippen LogP contribution in [-0.2, 0) is 20.4 Å². The maximum Gasteiger partial charge on any atom is 0.263 e. The lowest BCUT2D eigenvalue weighted by atomic mass is 10.2. The van der Waals surface area contributed by atoms with Gasteiger partial charge >= 0.3 is 0 Å². The van der Waals surface area contributed by atoms with Crippen molar-refractivity contribution in [3.63, 3.8) is 0 Å². The minimum absolute atomic E-state index is 0.00727. The fraction of sp³-hybridized carbons (Fsp3) is 0.231. The summed E-state index contributed by atoms with van der Waals surface area (Å²) in [6.07, 6.45) is 0. The van der Waals surface area contributed by atoms with Gasteiger partial charge in [-0.3, -0.25) is 4.79 Å². The standard InChI is InChI=1S/C13H12ClN3O3S/c1-9-13(21(14,19)20)10-4-2-3-5-11(10)17(9)8-12(18)16-7-6-15/h2-5H,7-8H2,1H3,(H,16,18). The van der Waals surface area contributed by atoms with Gasteiger partial charge in [-0.1, -0.05) is 18.2 Å². The highest BCUT2D eigenvalue weighted by atomic mass is 35.7. The molecule has 1 aromatic carbocycles. The molecule has 110 valence electrons. The number of nitrogens with one attached hydrogen (secondary N) is 1. The van der Waals surface area contributed by atoms with Crippen LogP contribution in [0.5, 0.6) is 0 Å². The van der Waals surface area contributed by atoms with Gasteiger partial charge in [-0.05, 0) is 13.0 Å². The summed E-state index contributed by atoms with van der Waals surface area (Å²) in [5.41, 5.74) is 0.986. The molecule has 1 aromatic heterocycles. The summed E-state index contributed by atoms with van der Waals surface area (Å²) in [6.45, 7) is 1.41. The number of hydrogen-bond donors (Lipinski definition) is 1. The van der Waals surface area contributed by atoms with Crippen molar-refractivity contribution in [1.82, 2.24) is 9.88 Å². The van der Waals surface area contributed by atoms with Gasteiger partial charge in [-0.2, -0.15) is 5.26 Å². The van der Waals surface area contributed by atoms with Crippen LogP contribution >= 0.6 is 10.7 Å². The second-order valence-corrected chi connectivity index (χ2v) is 6.89. The highest BCUT2D eigenvalue weighted by Crippen LogP contribution is 2.31. The van der Waals surface area contributed by atoms with E-state index in [2.05, 4.69) is 5.32 Å². The number of nitrogens with zero attached hydrogens (tertiary/aromatic N) is 2. The van der Waals surface area contributed by atoms with E-state index in [9.17, 15) is 13.2 Å². The number of carbonyl (C=O) groups excluding carboxylic acids is 1. The van der Waals surface area contributed by atoms with E-state index in [1.54, 1.807) is 35.8 Å². The molecule has 8 heteroatoms. The molecule has 0 spiro atoms. The Bertz CT molecular complexity index is 849. The molecule has 0 atom stereocenters. The average molecular weight is 326 g/mol. The number of para-hydroxylation sites is 1. The Balaban J connectivity index is 2.58. The normalized spacial score (nSPS) is 11.3. The zero-order valence-electron chi connectivity index (χ0n) is 11.1. The predicted octanol–water partition coefficient (Wildman–Crippen LogP) is 1.52. The van der Waals surface area contributed by atoms with Crippen molar-refractivity contribution in [2.75, 3.05) is 6.54 Å². The Hall–Kier alpha value is -2.04. The molecule has 21 heavy (non-hydrogen) atoms. The van der Waals surface area contributed by atoms with Gasteiger partial charge in [0.1, 0.15) is 18.0 Å². The van der Waals surface area contributed by atoms with Crippen LogP contribution in [-0.4, -0.2) is 25.4 Å². The molecule has 0 aliphatic carbocycles. The zero-order valence-corrected chi connectivity index (χ0v) is 12.7. The number of benzene rings is 1. The Morgan fingerprint density at radius 1 is 1.43 bits per heavy atom. The van der Waals surface area contributed by atoms with Crippen molar-refractivity contribution < 1.29 is 13.2 Å². The summed E-state index contributed by atoms with van der Waals surface area (Å²) in [4.78, 5) is 11.8. The van der Waals surface area contributed by atoms with Crippen molar-refractivity contribution >= 4 is 36.5 Å². The minimum atomic E-state index is -3.92. The molecule has 1 amide bonds. The third-order valence-electron chi connectivity index (χ3n) is 3.08. The summed E-state index contributed by atoms with van der Waals surface area (Å²) < 4.78 is 25.1.